The summed E-state index contributed by atoms with van der Waals surface area (Å²) in [7, 11) is 0. The summed E-state index contributed by atoms with van der Waals surface area (Å²) in [6, 6.07) is 2.71. The van der Waals surface area contributed by atoms with Crippen molar-refractivity contribution in [2.24, 2.45) is 0 Å². The minimum absolute atomic E-state index is 0.470. The Hall–Kier alpha value is -0.600. The van der Waals surface area contributed by atoms with Crippen molar-refractivity contribution in [3.05, 3.63) is 33.5 Å². The first-order valence-corrected chi connectivity index (χ1v) is 7.67. The predicted molar refractivity (Wildman–Crippen MR) is 76.6 cm³/mol. The van der Waals surface area contributed by atoms with E-state index in [0.717, 1.165) is 6.54 Å². The van der Waals surface area contributed by atoms with Crippen molar-refractivity contribution in [2.45, 2.75) is 52.0 Å². The van der Waals surface area contributed by atoms with Crippen molar-refractivity contribution in [1.82, 2.24) is 5.32 Å². The van der Waals surface area contributed by atoms with Gasteiger partial charge in [-0.05, 0) is 56.2 Å². The number of thiophene rings is 1. The van der Waals surface area contributed by atoms with Crippen LogP contribution in [0, 0.1) is 6.92 Å². The highest BCUT2D eigenvalue weighted by molar-refractivity contribution is 7.10. The van der Waals surface area contributed by atoms with Gasteiger partial charge in [-0.2, -0.15) is 0 Å². The molecule has 0 aromatic carbocycles. The molecule has 1 heterocycles. The first-order valence-electron chi connectivity index (χ1n) is 6.79. The minimum Gasteiger partial charge on any atom is -0.306 e. The van der Waals surface area contributed by atoms with Crippen molar-refractivity contribution in [1.29, 1.82) is 0 Å². The van der Waals surface area contributed by atoms with Crippen LogP contribution in [-0.4, -0.2) is 6.54 Å². The molecule has 0 spiro atoms. The molecular weight excluding hydrogens is 226 g/mol. The van der Waals surface area contributed by atoms with E-state index in [9.17, 15) is 0 Å². The van der Waals surface area contributed by atoms with Crippen LogP contribution in [0.1, 0.15) is 55.5 Å². The van der Waals surface area contributed by atoms with Gasteiger partial charge in [0.05, 0.1) is 6.04 Å². The number of allylic oxidation sites excluding steroid dienone is 1. The summed E-state index contributed by atoms with van der Waals surface area (Å²) in [6.07, 6.45) is 9.14. The molecule has 17 heavy (non-hydrogen) atoms. The van der Waals surface area contributed by atoms with Crippen LogP contribution in [0.15, 0.2) is 23.1 Å². The molecular formula is C15H23NS. The number of rotatable bonds is 4. The Morgan fingerprint density at radius 2 is 2.24 bits per heavy atom. The number of hydrogen-bond acceptors (Lipinski definition) is 2. The zero-order chi connectivity index (χ0) is 12.1. The van der Waals surface area contributed by atoms with Gasteiger partial charge >= 0.3 is 0 Å². The van der Waals surface area contributed by atoms with Crippen LogP contribution >= 0.6 is 11.3 Å². The molecule has 0 amide bonds. The smallest absolute Gasteiger partial charge is 0.0633 e. The predicted octanol–water partition coefficient (Wildman–Crippen LogP) is 4.60. The molecule has 0 aliphatic heterocycles. The Balaban J connectivity index is 2.22. The summed E-state index contributed by atoms with van der Waals surface area (Å²) in [5.41, 5.74) is 3.06. The maximum absolute atomic E-state index is 3.67. The van der Waals surface area contributed by atoms with E-state index in [2.05, 4.69) is 36.7 Å². The van der Waals surface area contributed by atoms with Crippen LogP contribution in [0.5, 0.6) is 0 Å². The SMILES string of the molecule is CCNC(C1=CCCCCC1)c1sccc1C. The molecule has 94 valence electrons. The Labute approximate surface area is 109 Å². The quantitative estimate of drug-likeness (QED) is 0.769. The standard InChI is InChI=1S/C15H23NS/c1-3-16-14(15-12(2)10-11-17-15)13-8-6-4-5-7-9-13/h8,10-11,14,16H,3-7,9H2,1-2H3. The Kier molecular flexibility index (Phi) is 4.81. The zero-order valence-corrected chi connectivity index (χ0v) is 11.8. The van der Waals surface area contributed by atoms with E-state index in [1.807, 2.05) is 11.3 Å². The van der Waals surface area contributed by atoms with Crippen molar-refractivity contribution in [3.63, 3.8) is 0 Å². The lowest BCUT2D eigenvalue weighted by Gasteiger charge is -2.21. The van der Waals surface area contributed by atoms with E-state index in [4.69, 9.17) is 0 Å². The third kappa shape index (κ3) is 3.20. The summed E-state index contributed by atoms with van der Waals surface area (Å²) >= 11 is 1.89. The van der Waals surface area contributed by atoms with Gasteiger partial charge in [0.25, 0.3) is 0 Å². The lowest BCUT2D eigenvalue weighted by atomic mass is 9.98. The number of likely N-dealkylation sites (N-methyl/N-ethyl adjacent to an activating group) is 1. The molecule has 1 nitrogen and oxygen atoms in total. The average Bonchev–Trinajstić information content (AvgIpc) is 2.60. The topological polar surface area (TPSA) is 12.0 Å². The zero-order valence-electron chi connectivity index (χ0n) is 11.0. The van der Waals surface area contributed by atoms with Gasteiger partial charge in [-0.25, -0.2) is 0 Å². The summed E-state index contributed by atoms with van der Waals surface area (Å²) < 4.78 is 0. The Morgan fingerprint density at radius 3 is 2.94 bits per heavy atom. The average molecular weight is 249 g/mol. The van der Waals surface area contributed by atoms with Crippen LogP contribution in [0.2, 0.25) is 0 Å². The third-order valence-electron chi connectivity index (χ3n) is 3.52. The van der Waals surface area contributed by atoms with Crippen molar-refractivity contribution in [3.8, 4) is 0 Å². The monoisotopic (exact) mass is 249 g/mol. The second-order valence-corrected chi connectivity index (χ2v) is 5.78. The molecule has 0 saturated carbocycles. The first-order chi connectivity index (χ1) is 8.33. The maximum Gasteiger partial charge on any atom is 0.0633 e. The van der Waals surface area contributed by atoms with E-state index < -0.39 is 0 Å². The summed E-state index contributed by atoms with van der Waals surface area (Å²) in [5.74, 6) is 0. The van der Waals surface area contributed by atoms with E-state index in [-0.39, 0.29) is 0 Å². The van der Waals surface area contributed by atoms with E-state index >= 15 is 0 Å². The maximum atomic E-state index is 3.67. The lowest BCUT2D eigenvalue weighted by molar-refractivity contribution is 0.595. The van der Waals surface area contributed by atoms with Crippen molar-refractivity contribution >= 4 is 11.3 Å². The molecule has 1 N–H and O–H groups in total. The molecule has 2 rings (SSSR count). The highest BCUT2D eigenvalue weighted by Gasteiger charge is 2.19. The summed E-state index contributed by atoms with van der Waals surface area (Å²) in [5, 5.41) is 5.88. The second kappa shape index (κ2) is 6.36. The molecule has 0 fully saturated rings. The number of hydrogen-bond donors (Lipinski definition) is 1. The van der Waals surface area contributed by atoms with Gasteiger partial charge in [0, 0.05) is 4.88 Å². The molecule has 1 aliphatic carbocycles. The summed E-state index contributed by atoms with van der Waals surface area (Å²) in [6.45, 7) is 5.47. The van der Waals surface area contributed by atoms with Crippen LogP contribution in [0.4, 0.5) is 0 Å². The Bertz CT molecular complexity index is 378. The fraction of sp³-hybridized carbons (Fsp3) is 0.600. The van der Waals surface area contributed by atoms with Gasteiger partial charge in [0.2, 0.25) is 0 Å². The second-order valence-electron chi connectivity index (χ2n) is 4.84. The molecule has 0 radical (unpaired) electrons. The van der Waals surface area contributed by atoms with Crippen LogP contribution < -0.4 is 5.32 Å². The Morgan fingerprint density at radius 1 is 1.35 bits per heavy atom. The molecule has 0 bridgehead atoms. The molecule has 1 unspecified atom stereocenters. The molecule has 1 atom stereocenters. The van der Waals surface area contributed by atoms with Crippen LogP contribution in [-0.2, 0) is 0 Å². The van der Waals surface area contributed by atoms with Crippen molar-refractivity contribution in [2.75, 3.05) is 6.54 Å². The fourth-order valence-corrected chi connectivity index (χ4v) is 3.62. The van der Waals surface area contributed by atoms with Gasteiger partial charge in [0.1, 0.15) is 0 Å². The van der Waals surface area contributed by atoms with Gasteiger partial charge in [-0.1, -0.05) is 25.0 Å². The van der Waals surface area contributed by atoms with Gasteiger partial charge in [-0.15, -0.1) is 11.3 Å². The van der Waals surface area contributed by atoms with E-state index in [0.29, 0.717) is 6.04 Å². The highest BCUT2D eigenvalue weighted by Crippen LogP contribution is 2.33. The van der Waals surface area contributed by atoms with Gasteiger partial charge in [0.15, 0.2) is 0 Å². The molecule has 0 saturated heterocycles. The minimum atomic E-state index is 0.470. The number of nitrogens with one attached hydrogen (secondary N) is 1. The number of aryl methyl sites for hydroxylation is 1. The highest BCUT2D eigenvalue weighted by atomic mass is 32.1. The largest absolute Gasteiger partial charge is 0.306 e. The first kappa shape index (κ1) is 12.8. The third-order valence-corrected chi connectivity index (χ3v) is 4.60. The molecule has 1 aromatic rings. The lowest BCUT2D eigenvalue weighted by Crippen LogP contribution is -2.22. The molecule has 1 aromatic heterocycles. The molecule has 2 heteroatoms. The van der Waals surface area contributed by atoms with E-state index in [1.165, 1.54) is 42.5 Å². The van der Waals surface area contributed by atoms with Crippen LogP contribution in [0.25, 0.3) is 0 Å². The van der Waals surface area contributed by atoms with Gasteiger partial charge in [-0.3, -0.25) is 0 Å². The normalized spacial score (nSPS) is 18.6. The van der Waals surface area contributed by atoms with Crippen LogP contribution in [0.3, 0.4) is 0 Å². The van der Waals surface area contributed by atoms with Crippen molar-refractivity contribution < 1.29 is 0 Å². The van der Waals surface area contributed by atoms with Gasteiger partial charge < -0.3 is 5.32 Å². The fourth-order valence-electron chi connectivity index (χ4n) is 2.58. The molecule has 1 aliphatic rings. The summed E-state index contributed by atoms with van der Waals surface area (Å²) in [4.78, 5) is 1.51. The van der Waals surface area contributed by atoms with E-state index in [1.54, 1.807) is 5.57 Å².